The lowest BCUT2D eigenvalue weighted by Gasteiger charge is -1.95. The Morgan fingerprint density at radius 3 is 2.87 bits per heavy atom. The third-order valence-corrected chi connectivity index (χ3v) is 2.24. The maximum absolute atomic E-state index is 11.1. The summed E-state index contributed by atoms with van der Waals surface area (Å²) in [6.07, 6.45) is 1.79. The van der Waals surface area contributed by atoms with Gasteiger partial charge in [0.15, 0.2) is 5.78 Å². The molecule has 0 amide bonds. The molecule has 0 radical (unpaired) electrons. The Balaban J connectivity index is 2.57. The highest BCUT2D eigenvalue weighted by atomic mass is 16.6. The summed E-state index contributed by atoms with van der Waals surface area (Å²) in [5.74, 6) is 0.0449. The van der Waals surface area contributed by atoms with E-state index in [-0.39, 0.29) is 5.78 Å². The first kappa shape index (κ1) is 9.58. The number of nitrogens with zero attached hydrogens (tertiary/aromatic N) is 2. The molecule has 4 nitrogen and oxygen atoms in total. The molecular weight excluding hydrogens is 192 g/mol. The molecule has 0 aliphatic rings. The first-order valence-corrected chi connectivity index (χ1v) is 4.59. The summed E-state index contributed by atoms with van der Waals surface area (Å²) >= 11 is 0. The lowest BCUT2D eigenvalue weighted by atomic mass is 10.1. The molecule has 0 fully saturated rings. The zero-order chi connectivity index (χ0) is 10.8. The number of aromatic nitrogens is 2. The normalized spacial score (nSPS) is 12.0. The van der Waals surface area contributed by atoms with E-state index in [2.05, 4.69) is 14.9 Å². The van der Waals surface area contributed by atoms with Crippen molar-refractivity contribution in [3.05, 3.63) is 29.3 Å². The number of Topliss-reactive ketones (excluding diaryl/α,β-unsaturated/α-hetero) is 1. The van der Waals surface area contributed by atoms with Crippen molar-refractivity contribution in [2.45, 2.75) is 13.8 Å². The van der Waals surface area contributed by atoms with Gasteiger partial charge in [0.05, 0.1) is 0 Å². The lowest BCUT2D eigenvalue weighted by Crippen LogP contribution is -1.91. The molecular formula is C11H10N2O2. The van der Waals surface area contributed by atoms with Gasteiger partial charge >= 0.3 is 0 Å². The van der Waals surface area contributed by atoms with Gasteiger partial charge in [0, 0.05) is 5.56 Å². The first-order valence-electron chi connectivity index (χ1n) is 4.59. The number of hydrogen-bond acceptors (Lipinski definition) is 4. The van der Waals surface area contributed by atoms with Crippen LogP contribution in [-0.2, 0) is 4.79 Å². The quantitative estimate of drug-likeness (QED) is 0.700. The second-order valence-electron chi connectivity index (χ2n) is 3.36. The fourth-order valence-electron chi connectivity index (χ4n) is 1.28. The highest BCUT2D eigenvalue weighted by Crippen LogP contribution is 2.17. The van der Waals surface area contributed by atoms with Crippen LogP contribution in [0, 0.1) is 0 Å². The van der Waals surface area contributed by atoms with E-state index in [0.717, 1.165) is 5.56 Å². The van der Waals surface area contributed by atoms with Gasteiger partial charge in [-0.25, -0.2) is 4.63 Å². The number of hydrogen-bond donors (Lipinski definition) is 0. The summed E-state index contributed by atoms with van der Waals surface area (Å²) in [6.45, 7) is 3.31. The van der Waals surface area contributed by atoms with Crippen LogP contribution in [0.1, 0.15) is 19.4 Å². The molecule has 0 saturated carbocycles. The van der Waals surface area contributed by atoms with E-state index in [4.69, 9.17) is 0 Å². The molecule has 0 aliphatic heterocycles. The Bertz CT molecular complexity index is 540. The molecule has 0 saturated heterocycles. The monoisotopic (exact) mass is 202 g/mol. The molecule has 76 valence electrons. The summed E-state index contributed by atoms with van der Waals surface area (Å²) in [5, 5.41) is 7.52. The highest BCUT2D eigenvalue weighted by Gasteiger charge is 2.05. The molecule has 4 heteroatoms. The zero-order valence-electron chi connectivity index (χ0n) is 8.52. The van der Waals surface area contributed by atoms with Gasteiger partial charge in [-0.2, -0.15) is 0 Å². The Labute approximate surface area is 86.5 Å². The fraction of sp³-hybridized carbons (Fsp3) is 0.182. The van der Waals surface area contributed by atoms with Crippen molar-refractivity contribution in [3.63, 3.8) is 0 Å². The second kappa shape index (κ2) is 3.65. The zero-order valence-corrected chi connectivity index (χ0v) is 8.52. The number of fused-ring (bicyclic) bond motifs is 1. The van der Waals surface area contributed by atoms with Crippen LogP contribution in [0.15, 0.2) is 28.4 Å². The number of ketones is 1. The summed E-state index contributed by atoms with van der Waals surface area (Å²) in [7, 11) is 0. The van der Waals surface area contributed by atoms with Gasteiger partial charge < -0.3 is 0 Å². The van der Waals surface area contributed by atoms with Gasteiger partial charge in [0.2, 0.25) is 0 Å². The molecule has 2 aromatic rings. The topological polar surface area (TPSA) is 56.0 Å². The van der Waals surface area contributed by atoms with Crippen molar-refractivity contribution in [3.8, 4) is 0 Å². The van der Waals surface area contributed by atoms with E-state index in [9.17, 15) is 4.79 Å². The van der Waals surface area contributed by atoms with Gasteiger partial charge in [-0.1, -0.05) is 12.1 Å². The fourth-order valence-corrected chi connectivity index (χ4v) is 1.28. The van der Waals surface area contributed by atoms with Crippen LogP contribution < -0.4 is 0 Å². The minimum Gasteiger partial charge on any atom is -0.295 e. The van der Waals surface area contributed by atoms with Crippen molar-refractivity contribution in [1.29, 1.82) is 0 Å². The highest BCUT2D eigenvalue weighted by molar-refractivity contribution is 5.99. The smallest absolute Gasteiger partial charge is 0.155 e. The summed E-state index contributed by atoms with van der Waals surface area (Å²) in [4.78, 5) is 11.1. The van der Waals surface area contributed by atoms with E-state index >= 15 is 0 Å². The Kier molecular flexibility index (Phi) is 2.33. The SMILES string of the molecule is CC(=O)/C(C)=C/c1cccc2nonc12. The van der Waals surface area contributed by atoms with E-state index in [1.165, 1.54) is 6.92 Å². The third kappa shape index (κ3) is 1.79. The predicted molar refractivity (Wildman–Crippen MR) is 56.1 cm³/mol. The summed E-state index contributed by atoms with van der Waals surface area (Å²) < 4.78 is 4.63. The number of carbonyl (C=O) groups is 1. The van der Waals surface area contributed by atoms with Crippen molar-refractivity contribution < 1.29 is 9.42 Å². The number of benzene rings is 1. The van der Waals surface area contributed by atoms with Gasteiger partial charge in [-0.05, 0) is 41.9 Å². The second-order valence-corrected chi connectivity index (χ2v) is 3.36. The van der Waals surface area contributed by atoms with Crippen LogP contribution in [0.25, 0.3) is 17.1 Å². The van der Waals surface area contributed by atoms with Crippen LogP contribution in [0.5, 0.6) is 0 Å². The molecule has 0 aliphatic carbocycles. The average molecular weight is 202 g/mol. The lowest BCUT2D eigenvalue weighted by molar-refractivity contribution is -0.113. The molecule has 0 N–H and O–H groups in total. The number of allylic oxidation sites excluding steroid dienone is 1. The van der Waals surface area contributed by atoms with Crippen LogP contribution in [-0.4, -0.2) is 16.1 Å². The van der Waals surface area contributed by atoms with Crippen LogP contribution in [0.4, 0.5) is 0 Å². The third-order valence-electron chi connectivity index (χ3n) is 2.24. The molecule has 1 heterocycles. The molecule has 1 aromatic heterocycles. The largest absolute Gasteiger partial charge is 0.295 e. The Morgan fingerprint density at radius 1 is 1.33 bits per heavy atom. The van der Waals surface area contributed by atoms with Gasteiger partial charge in [-0.15, -0.1) is 0 Å². The van der Waals surface area contributed by atoms with Crippen molar-refractivity contribution in [2.24, 2.45) is 0 Å². The predicted octanol–water partition coefficient (Wildman–Crippen LogP) is 2.22. The maximum Gasteiger partial charge on any atom is 0.155 e. The van der Waals surface area contributed by atoms with Crippen molar-refractivity contribution in [2.75, 3.05) is 0 Å². The summed E-state index contributed by atoms with van der Waals surface area (Å²) in [5.41, 5.74) is 2.91. The molecule has 0 spiro atoms. The maximum atomic E-state index is 11.1. The molecule has 0 atom stereocenters. The van der Waals surface area contributed by atoms with Crippen molar-refractivity contribution in [1.82, 2.24) is 10.3 Å². The van der Waals surface area contributed by atoms with Crippen LogP contribution >= 0.6 is 0 Å². The van der Waals surface area contributed by atoms with Gasteiger partial charge in [0.1, 0.15) is 11.0 Å². The minimum absolute atomic E-state index is 0.0449. The molecule has 0 bridgehead atoms. The molecule has 15 heavy (non-hydrogen) atoms. The van der Waals surface area contributed by atoms with E-state index in [0.29, 0.717) is 16.6 Å². The van der Waals surface area contributed by atoms with Crippen molar-refractivity contribution >= 4 is 22.9 Å². The Hall–Kier alpha value is -1.97. The van der Waals surface area contributed by atoms with E-state index < -0.39 is 0 Å². The standard InChI is InChI=1S/C11H10N2O2/c1-7(8(2)14)6-9-4-3-5-10-11(9)13-15-12-10/h3-6H,1-2H3/b7-6+. The number of rotatable bonds is 2. The minimum atomic E-state index is 0.0449. The van der Waals surface area contributed by atoms with E-state index in [1.54, 1.807) is 13.0 Å². The molecule has 2 rings (SSSR count). The molecule has 0 unspecified atom stereocenters. The first-order chi connectivity index (χ1) is 7.18. The average Bonchev–Trinajstić information content (AvgIpc) is 2.66. The summed E-state index contributed by atoms with van der Waals surface area (Å²) in [6, 6.07) is 5.54. The van der Waals surface area contributed by atoms with Crippen LogP contribution in [0.2, 0.25) is 0 Å². The van der Waals surface area contributed by atoms with Gasteiger partial charge in [-0.3, -0.25) is 4.79 Å². The van der Waals surface area contributed by atoms with E-state index in [1.807, 2.05) is 18.2 Å². The Morgan fingerprint density at radius 2 is 2.13 bits per heavy atom. The molecule has 1 aromatic carbocycles. The number of carbonyl (C=O) groups excluding carboxylic acids is 1. The van der Waals surface area contributed by atoms with Crippen LogP contribution in [0.3, 0.4) is 0 Å². The van der Waals surface area contributed by atoms with Gasteiger partial charge in [0.25, 0.3) is 0 Å².